The Morgan fingerprint density at radius 1 is 1.06 bits per heavy atom. The first-order chi connectivity index (χ1) is 15.7. The Balaban J connectivity index is 1.56. The molecule has 0 unspecified atom stereocenters. The van der Waals surface area contributed by atoms with Crippen molar-refractivity contribution < 1.29 is 14.3 Å². The Hall–Kier alpha value is -4.12. The van der Waals surface area contributed by atoms with Gasteiger partial charge in [0.1, 0.15) is 12.4 Å². The van der Waals surface area contributed by atoms with Crippen LogP contribution in [-0.4, -0.2) is 22.6 Å². The lowest BCUT2D eigenvalue weighted by molar-refractivity contribution is 0.0600. The summed E-state index contributed by atoms with van der Waals surface area (Å²) in [6, 6.07) is 23.7. The van der Waals surface area contributed by atoms with E-state index in [0.717, 1.165) is 39.3 Å². The Bertz CT molecular complexity index is 1310. The Kier molecular flexibility index (Phi) is 5.30. The molecule has 3 aromatic carbocycles. The minimum Gasteiger partial charge on any atom is -0.488 e. The molecule has 0 spiro atoms. The number of nitrogens with zero attached hydrogens (tertiary/aromatic N) is 2. The van der Waals surface area contributed by atoms with E-state index in [-0.39, 0.29) is 5.97 Å². The maximum absolute atomic E-state index is 12.2. The fraction of sp³-hybridized carbons (Fsp3) is 0.111. The molecule has 1 aliphatic heterocycles. The van der Waals surface area contributed by atoms with Crippen molar-refractivity contribution in [3.8, 4) is 17.0 Å². The van der Waals surface area contributed by atoms with E-state index in [2.05, 4.69) is 35.3 Å². The van der Waals surface area contributed by atoms with Gasteiger partial charge in [0.15, 0.2) is 0 Å². The van der Waals surface area contributed by atoms with Crippen LogP contribution < -0.4 is 4.74 Å². The molecule has 32 heavy (non-hydrogen) atoms. The number of carbonyl (C=O) groups is 1. The first-order valence-corrected chi connectivity index (χ1v) is 10.4. The molecule has 0 radical (unpaired) electrons. The minimum atomic E-state index is -0.369. The molecule has 0 bridgehead atoms. The average molecular weight is 422 g/mol. The van der Waals surface area contributed by atoms with Gasteiger partial charge in [0, 0.05) is 23.9 Å². The molecular formula is C27H22N2O3. The van der Waals surface area contributed by atoms with Crippen LogP contribution in [0.15, 0.2) is 91.4 Å². The highest BCUT2D eigenvalue weighted by Gasteiger charge is 2.21. The van der Waals surface area contributed by atoms with Crippen molar-refractivity contribution in [3.63, 3.8) is 0 Å². The third kappa shape index (κ3) is 3.81. The molecule has 1 aliphatic rings. The highest BCUT2D eigenvalue weighted by Crippen LogP contribution is 2.37. The van der Waals surface area contributed by atoms with Gasteiger partial charge in [-0.1, -0.05) is 60.7 Å². The Morgan fingerprint density at radius 3 is 2.72 bits per heavy atom. The van der Waals surface area contributed by atoms with Crippen LogP contribution in [0.2, 0.25) is 0 Å². The SMILES string of the molecule is COC(=O)c1ccc2c(c1)/C(=C/Cn1cnc(-c3ccccc3)c1)c1ccccc1CO2. The van der Waals surface area contributed by atoms with Crippen LogP contribution in [0.1, 0.15) is 27.0 Å². The minimum absolute atomic E-state index is 0.369. The van der Waals surface area contributed by atoms with Gasteiger partial charge in [-0.15, -0.1) is 0 Å². The number of imidazole rings is 1. The third-order valence-electron chi connectivity index (χ3n) is 5.59. The summed E-state index contributed by atoms with van der Waals surface area (Å²) in [4.78, 5) is 16.7. The summed E-state index contributed by atoms with van der Waals surface area (Å²) < 4.78 is 13.1. The van der Waals surface area contributed by atoms with Gasteiger partial charge in [-0.3, -0.25) is 0 Å². The number of allylic oxidation sites excluding steroid dienone is 1. The van der Waals surface area contributed by atoms with Crippen LogP contribution in [0, 0.1) is 0 Å². The standard InChI is InChI=1S/C27H22N2O3/c1-31-27(30)20-11-12-26-24(15-20)23(22-10-6-5-9-21(22)17-32-26)13-14-29-16-25(28-18-29)19-7-3-2-4-8-19/h2-13,15-16,18H,14,17H2,1H3/b23-13+. The van der Waals surface area contributed by atoms with Gasteiger partial charge in [0.25, 0.3) is 0 Å². The monoisotopic (exact) mass is 422 g/mol. The van der Waals surface area contributed by atoms with Crippen LogP contribution in [-0.2, 0) is 17.9 Å². The molecule has 0 aliphatic carbocycles. The van der Waals surface area contributed by atoms with E-state index in [1.165, 1.54) is 7.11 Å². The molecule has 5 rings (SSSR count). The highest BCUT2D eigenvalue weighted by molar-refractivity contribution is 5.93. The predicted molar refractivity (Wildman–Crippen MR) is 123 cm³/mol. The van der Waals surface area contributed by atoms with Gasteiger partial charge in [0.05, 0.1) is 24.7 Å². The number of esters is 1. The predicted octanol–water partition coefficient (Wildman–Crippen LogP) is 5.36. The summed E-state index contributed by atoms with van der Waals surface area (Å²) in [5, 5.41) is 0. The summed E-state index contributed by atoms with van der Waals surface area (Å²) in [6.07, 6.45) is 6.03. The largest absolute Gasteiger partial charge is 0.488 e. The second kappa shape index (κ2) is 8.55. The maximum Gasteiger partial charge on any atom is 0.337 e. The zero-order valence-corrected chi connectivity index (χ0v) is 17.7. The maximum atomic E-state index is 12.2. The second-order valence-electron chi connectivity index (χ2n) is 7.59. The molecule has 0 saturated heterocycles. The number of hydrogen-bond acceptors (Lipinski definition) is 4. The molecule has 1 aromatic heterocycles. The number of carbonyl (C=O) groups excluding carboxylic acids is 1. The molecule has 4 aromatic rings. The molecule has 5 nitrogen and oxygen atoms in total. The van der Waals surface area contributed by atoms with Crippen molar-refractivity contribution in [2.45, 2.75) is 13.2 Å². The summed E-state index contributed by atoms with van der Waals surface area (Å²) in [7, 11) is 1.39. The van der Waals surface area contributed by atoms with Gasteiger partial charge in [0.2, 0.25) is 0 Å². The number of aromatic nitrogens is 2. The fourth-order valence-electron chi connectivity index (χ4n) is 3.96. The summed E-state index contributed by atoms with van der Waals surface area (Å²) in [6.45, 7) is 1.10. The molecule has 5 heteroatoms. The smallest absolute Gasteiger partial charge is 0.337 e. The van der Waals surface area contributed by atoms with Crippen molar-refractivity contribution in [1.29, 1.82) is 0 Å². The van der Waals surface area contributed by atoms with E-state index in [1.54, 1.807) is 6.07 Å². The van der Waals surface area contributed by atoms with Gasteiger partial charge >= 0.3 is 5.97 Å². The van der Waals surface area contributed by atoms with Gasteiger partial charge in [-0.05, 0) is 34.9 Å². The van der Waals surface area contributed by atoms with Crippen molar-refractivity contribution in [1.82, 2.24) is 9.55 Å². The molecule has 0 fully saturated rings. The van der Waals surface area contributed by atoms with Gasteiger partial charge in [-0.2, -0.15) is 0 Å². The fourth-order valence-corrected chi connectivity index (χ4v) is 3.96. The lowest BCUT2D eigenvalue weighted by Crippen LogP contribution is -2.03. The molecule has 158 valence electrons. The zero-order valence-electron chi connectivity index (χ0n) is 17.7. The molecule has 0 saturated carbocycles. The van der Waals surface area contributed by atoms with E-state index in [4.69, 9.17) is 9.47 Å². The van der Waals surface area contributed by atoms with Crippen LogP contribution in [0.25, 0.3) is 16.8 Å². The van der Waals surface area contributed by atoms with Gasteiger partial charge < -0.3 is 14.0 Å². The van der Waals surface area contributed by atoms with Gasteiger partial charge in [-0.25, -0.2) is 9.78 Å². The summed E-state index contributed by atoms with van der Waals surface area (Å²) >= 11 is 0. The van der Waals surface area contributed by atoms with E-state index in [0.29, 0.717) is 18.7 Å². The lowest BCUT2D eigenvalue weighted by Gasteiger charge is -2.12. The van der Waals surface area contributed by atoms with Crippen molar-refractivity contribution in [3.05, 3.63) is 114 Å². The molecular weight excluding hydrogens is 400 g/mol. The first-order valence-electron chi connectivity index (χ1n) is 10.4. The van der Waals surface area contributed by atoms with Crippen LogP contribution in [0.3, 0.4) is 0 Å². The molecule has 0 amide bonds. The Labute approximate surface area is 186 Å². The lowest BCUT2D eigenvalue weighted by atomic mass is 9.93. The quantitative estimate of drug-likeness (QED) is 0.416. The first kappa shape index (κ1) is 19.8. The number of hydrogen-bond donors (Lipinski definition) is 0. The second-order valence-corrected chi connectivity index (χ2v) is 7.59. The average Bonchev–Trinajstić information content (AvgIpc) is 3.26. The number of ether oxygens (including phenoxy) is 2. The number of rotatable bonds is 4. The van der Waals surface area contributed by atoms with Crippen molar-refractivity contribution in [2.75, 3.05) is 7.11 Å². The molecule has 0 N–H and O–H groups in total. The Morgan fingerprint density at radius 2 is 1.88 bits per heavy atom. The van der Waals surface area contributed by atoms with Crippen LogP contribution >= 0.6 is 0 Å². The van der Waals surface area contributed by atoms with E-state index < -0.39 is 0 Å². The number of fused-ring (bicyclic) bond motifs is 2. The third-order valence-corrected chi connectivity index (χ3v) is 5.59. The topological polar surface area (TPSA) is 53.4 Å². The summed E-state index contributed by atoms with van der Waals surface area (Å²) in [5.41, 5.74) is 6.60. The van der Waals surface area contributed by atoms with E-state index >= 15 is 0 Å². The van der Waals surface area contributed by atoms with Crippen LogP contribution in [0.4, 0.5) is 0 Å². The van der Waals surface area contributed by atoms with E-state index in [9.17, 15) is 4.79 Å². The molecule has 0 atom stereocenters. The van der Waals surface area contributed by atoms with Crippen molar-refractivity contribution in [2.24, 2.45) is 0 Å². The zero-order chi connectivity index (χ0) is 21.9. The van der Waals surface area contributed by atoms with Crippen molar-refractivity contribution >= 4 is 11.5 Å². The van der Waals surface area contributed by atoms with E-state index in [1.807, 2.05) is 59.6 Å². The summed E-state index contributed by atoms with van der Waals surface area (Å²) in [5.74, 6) is 0.377. The number of benzene rings is 3. The number of methoxy groups -OCH3 is 1. The normalized spacial score (nSPS) is 13.6. The highest BCUT2D eigenvalue weighted by atomic mass is 16.5. The molecule has 2 heterocycles. The van der Waals surface area contributed by atoms with Crippen LogP contribution in [0.5, 0.6) is 5.75 Å².